The van der Waals surface area contributed by atoms with Gasteiger partial charge in [0.15, 0.2) is 0 Å². The third kappa shape index (κ3) is 1.71. The molecule has 14 heavy (non-hydrogen) atoms. The van der Waals surface area contributed by atoms with Crippen LogP contribution in [-0.4, -0.2) is 11.7 Å². The maximum Gasteiger partial charge on any atom is 0.0462 e. The summed E-state index contributed by atoms with van der Waals surface area (Å²) in [4.78, 5) is 0. The van der Waals surface area contributed by atoms with Crippen LogP contribution in [0.1, 0.15) is 52.4 Å². The molecule has 2 aliphatic rings. The zero-order valence-corrected chi connectivity index (χ0v) is 9.63. The van der Waals surface area contributed by atoms with Crippen LogP contribution in [0.5, 0.6) is 0 Å². The fourth-order valence-corrected chi connectivity index (χ4v) is 3.97. The van der Waals surface area contributed by atoms with Crippen molar-refractivity contribution in [2.75, 3.05) is 6.61 Å². The van der Waals surface area contributed by atoms with Crippen LogP contribution in [0.3, 0.4) is 0 Å². The topological polar surface area (TPSA) is 20.2 Å². The van der Waals surface area contributed by atoms with Gasteiger partial charge in [0.2, 0.25) is 0 Å². The molecule has 0 heterocycles. The van der Waals surface area contributed by atoms with Crippen molar-refractivity contribution in [3.8, 4) is 0 Å². The van der Waals surface area contributed by atoms with Gasteiger partial charge in [-0.25, -0.2) is 0 Å². The molecule has 0 aromatic heterocycles. The lowest BCUT2D eigenvalue weighted by atomic mass is 9.56. The van der Waals surface area contributed by atoms with Gasteiger partial charge in [-0.05, 0) is 48.9 Å². The Morgan fingerprint density at radius 1 is 1.14 bits per heavy atom. The van der Waals surface area contributed by atoms with E-state index in [0.29, 0.717) is 17.9 Å². The predicted octanol–water partition coefficient (Wildman–Crippen LogP) is 3.22. The summed E-state index contributed by atoms with van der Waals surface area (Å²) in [6.45, 7) is 5.30. The van der Waals surface area contributed by atoms with Crippen LogP contribution in [0.4, 0.5) is 0 Å². The largest absolute Gasteiger partial charge is 0.396 e. The Hall–Kier alpha value is -0.0400. The molecule has 3 atom stereocenters. The van der Waals surface area contributed by atoms with E-state index in [4.69, 9.17) is 0 Å². The molecule has 1 nitrogen and oxygen atoms in total. The first kappa shape index (κ1) is 10.5. The number of aliphatic hydroxyl groups is 1. The van der Waals surface area contributed by atoms with E-state index >= 15 is 0 Å². The van der Waals surface area contributed by atoms with Gasteiger partial charge in [0.1, 0.15) is 0 Å². The monoisotopic (exact) mass is 196 g/mol. The van der Waals surface area contributed by atoms with Crippen molar-refractivity contribution in [1.29, 1.82) is 0 Å². The number of fused-ring (bicyclic) bond motifs is 1. The Labute approximate surface area is 87.9 Å². The van der Waals surface area contributed by atoms with Crippen molar-refractivity contribution in [1.82, 2.24) is 0 Å². The molecular weight excluding hydrogens is 172 g/mol. The van der Waals surface area contributed by atoms with Crippen LogP contribution in [-0.2, 0) is 0 Å². The summed E-state index contributed by atoms with van der Waals surface area (Å²) in [6.07, 6.45) is 8.17. The SMILES string of the molecule is CC1(C)CCCC2C(CO)CCCC21. The van der Waals surface area contributed by atoms with E-state index in [2.05, 4.69) is 13.8 Å². The summed E-state index contributed by atoms with van der Waals surface area (Å²) in [5.74, 6) is 2.34. The van der Waals surface area contributed by atoms with E-state index in [1.807, 2.05) is 0 Å². The Bertz CT molecular complexity index is 197. The molecule has 2 rings (SSSR count). The van der Waals surface area contributed by atoms with Crippen molar-refractivity contribution >= 4 is 0 Å². The highest BCUT2D eigenvalue weighted by atomic mass is 16.3. The molecule has 0 aromatic rings. The van der Waals surface area contributed by atoms with Gasteiger partial charge in [-0.1, -0.05) is 26.7 Å². The van der Waals surface area contributed by atoms with Gasteiger partial charge in [0.25, 0.3) is 0 Å². The van der Waals surface area contributed by atoms with Gasteiger partial charge in [-0.3, -0.25) is 0 Å². The molecule has 0 spiro atoms. The lowest BCUT2D eigenvalue weighted by molar-refractivity contribution is -0.0144. The van der Waals surface area contributed by atoms with E-state index in [1.165, 1.54) is 38.5 Å². The summed E-state index contributed by atoms with van der Waals surface area (Å²) in [7, 11) is 0. The zero-order chi connectivity index (χ0) is 10.2. The first-order chi connectivity index (χ1) is 6.65. The summed E-state index contributed by atoms with van der Waals surface area (Å²) in [6, 6.07) is 0. The van der Waals surface area contributed by atoms with E-state index in [0.717, 1.165) is 11.8 Å². The molecule has 2 fully saturated rings. The zero-order valence-electron chi connectivity index (χ0n) is 9.63. The molecule has 0 aromatic carbocycles. The van der Waals surface area contributed by atoms with E-state index in [9.17, 15) is 5.11 Å². The highest BCUT2D eigenvalue weighted by Crippen LogP contribution is 2.52. The molecule has 0 saturated heterocycles. The Kier molecular flexibility index (Phi) is 2.88. The van der Waals surface area contributed by atoms with Crippen LogP contribution in [0.25, 0.3) is 0 Å². The molecule has 2 aliphatic carbocycles. The van der Waals surface area contributed by atoms with Gasteiger partial charge in [-0.2, -0.15) is 0 Å². The second-order valence-corrected chi connectivity index (χ2v) is 6.02. The van der Waals surface area contributed by atoms with Crippen LogP contribution >= 0.6 is 0 Å². The third-order valence-corrected chi connectivity index (χ3v) is 4.81. The van der Waals surface area contributed by atoms with Crippen molar-refractivity contribution in [3.63, 3.8) is 0 Å². The summed E-state index contributed by atoms with van der Waals surface area (Å²) in [5.41, 5.74) is 0.538. The first-order valence-corrected chi connectivity index (χ1v) is 6.26. The number of rotatable bonds is 1. The van der Waals surface area contributed by atoms with Crippen molar-refractivity contribution in [3.05, 3.63) is 0 Å². The molecule has 2 saturated carbocycles. The van der Waals surface area contributed by atoms with Crippen molar-refractivity contribution < 1.29 is 5.11 Å². The minimum Gasteiger partial charge on any atom is -0.396 e. The second-order valence-electron chi connectivity index (χ2n) is 6.02. The molecule has 0 amide bonds. The standard InChI is InChI=1S/C13H24O/c1-13(2)8-4-6-11-10(9-14)5-3-7-12(11)13/h10-12,14H,3-9H2,1-2H3. The van der Waals surface area contributed by atoms with Crippen LogP contribution in [0, 0.1) is 23.2 Å². The van der Waals surface area contributed by atoms with Crippen LogP contribution in [0.15, 0.2) is 0 Å². The average Bonchev–Trinajstić information content (AvgIpc) is 2.17. The van der Waals surface area contributed by atoms with Gasteiger partial charge < -0.3 is 5.11 Å². The summed E-state index contributed by atoms with van der Waals surface area (Å²) < 4.78 is 0. The lowest BCUT2D eigenvalue weighted by Gasteiger charge is -2.49. The van der Waals surface area contributed by atoms with Gasteiger partial charge in [0, 0.05) is 6.61 Å². The minimum absolute atomic E-state index is 0.428. The average molecular weight is 196 g/mol. The smallest absolute Gasteiger partial charge is 0.0462 e. The van der Waals surface area contributed by atoms with Gasteiger partial charge >= 0.3 is 0 Å². The minimum atomic E-state index is 0.428. The van der Waals surface area contributed by atoms with E-state index in [1.54, 1.807) is 0 Å². The molecule has 1 heteroatoms. The predicted molar refractivity (Wildman–Crippen MR) is 59.0 cm³/mol. The Morgan fingerprint density at radius 2 is 1.93 bits per heavy atom. The Balaban J connectivity index is 2.13. The fourth-order valence-electron chi connectivity index (χ4n) is 3.97. The highest BCUT2D eigenvalue weighted by Gasteiger charge is 2.43. The van der Waals surface area contributed by atoms with Crippen LogP contribution < -0.4 is 0 Å². The van der Waals surface area contributed by atoms with Gasteiger partial charge in [0.05, 0.1) is 0 Å². The van der Waals surface area contributed by atoms with Gasteiger partial charge in [-0.15, -0.1) is 0 Å². The quantitative estimate of drug-likeness (QED) is 0.682. The molecule has 1 N–H and O–H groups in total. The summed E-state index contributed by atoms with van der Waals surface area (Å²) >= 11 is 0. The fraction of sp³-hybridized carbons (Fsp3) is 1.00. The molecule has 0 aliphatic heterocycles. The first-order valence-electron chi connectivity index (χ1n) is 6.26. The molecule has 82 valence electrons. The van der Waals surface area contributed by atoms with E-state index in [-0.39, 0.29) is 0 Å². The molecular formula is C13H24O. The lowest BCUT2D eigenvalue weighted by Crippen LogP contribution is -2.42. The van der Waals surface area contributed by atoms with Crippen LogP contribution in [0.2, 0.25) is 0 Å². The maximum atomic E-state index is 9.40. The molecule has 3 unspecified atom stereocenters. The molecule has 0 bridgehead atoms. The normalized spacial score (nSPS) is 41.8. The summed E-state index contributed by atoms with van der Waals surface area (Å²) in [5, 5.41) is 9.40. The highest BCUT2D eigenvalue weighted by molar-refractivity contribution is 4.93. The number of hydrogen-bond donors (Lipinski definition) is 1. The van der Waals surface area contributed by atoms with Crippen molar-refractivity contribution in [2.45, 2.75) is 52.4 Å². The van der Waals surface area contributed by atoms with Crippen molar-refractivity contribution in [2.24, 2.45) is 23.2 Å². The second kappa shape index (κ2) is 3.84. The Morgan fingerprint density at radius 3 is 2.64 bits per heavy atom. The third-order valence-electron chi connectivity index (χ3n) is 4.81. The number of hydrogen-bond acceptors (Lipinski definition) is 1. The maximum absolute atomic E-state index is 9.40. The molecule has 0 radical (unpaired) electrons. The number of aliphatic hydroxyl groups excluding tert-OH is 1. The van der Waals surface area contributed by atoms with E-state index < -0.39 is 0 Å².